The van der Waals surface area contributed by atoms with E-state index in [-0.39, 0.29) is 25.8 Å². The first-order chi connectivity index (χ1) is 24.6. The number of aliphatic hydroxyl groups is 5. The summed E-state index contributed by atoms with van der Waals surface area (Å²) in [5, 5.41) is 50.4. The summed E-state index contributed by atoms with van der Waals surface area (Å²) in [4.78, 5) is 18.9. The van der Waals surface area contributed by atoms with E-state index in [1.807, 2.05) is 42.6 Å². The van der Waals surface area contributed by atoms with Crippen molar-refractivity contribution in [3.8, 4) is 16.9 Å². The molecule has 5 rings (SSSR count). The number of aliphatic hydroxyl groups excluding tert-OH is 5. The van der Waals surface area contributed by atoms with Crippen molar-refractivity contribution in [1.29, 1.82) is 0 Å². The highest BCUT2D eigenvalue weighted by Crippen LogP contribution is 2.53. The van der Waals surface area contributed by atoms with Gasteiger partial charge in [-0.25, -0.2) is 0 Å². The van der Waals surface area contributed by atoms with Gasteiger partial charge in [-0.05, 0) is 92.3 Å². The summed E-state index contributed by atoms with van der Waals surface area (Å²) in [5.41, 5.74) is 4.22. The van der Waals surface area contributed by atoms with E-state index >= 15 is 0 Å². The van der Waals surface area contributed by atoms with Crippen LogP contribution in [-0.4, -0.2) is 105 Å². The minimum Gasteiger partial charge on any atom is -0.490 e. The van der Waals surface area contributed by atoms with E-state index in [2.05, 4.69) is 11.1 Å². The van der Waals surface area contributed by atoms with Gasteiger partial charge in [0.1, 0.15) is 24.1 Å². The molecule has 0 radical (unpaired) electrons. The number of nitrogens with zero attached hydrogens (tertiary/aromatic N) is 2. The summed E-state index contributed by atoms with van der Waals surface area (Å²) in [6, 6.07) is 13.8. The monoisotopic (exact) mass is 746 g/mol. The number of carbonyl (C=O) groups is 1. The van der Waals surface area contributed by atoms with Crippen molar-refractivity contribution < 1.29 is 44.5 Å². The zero-order valence-corrected chi connectivity index (χ0v) is 30.3. The van der Waals surface area contributed by atoms with Crippen LogP contribution in [-0.2, 0) is 32.9 Å². The minimum absolute atomic E-state index is 0.249. The van der Waals surface area contributed by atoms with Gasteiger partial charge in [-0.1, -0.05) is 41.4 Å². The molecular formula is C38H48Cl2N2O9. The number of benzene rings is 2. The average molecular weight is 748 g/mol. The molecule has 0 saturated heterocycles. The minimum atomic E-state index is -1.98. The quantitative estimate of drug-likeness (QED) is 0.0987. The molecule has 1 amide bonds. The second-order valence-corrected chi connectivity index (χ2v) is 14.2. The number of para-hydroxylation sites is 1. The number of hydrogen-bond donors (Lipinski definition) is 5. The summed E-state index contributed by atoms with van der Waals surface area (Å²) in [6.45, 7) is 0.323. The lowest BCUT2D eigenvalue weighted by Gasteiger charge is -2.30. The van der Waals surface area contributed by atoms with E-state index in [1.54, 1.807) is 6.20 Å². The van der Waals surface area contributed by atoms with Crippen LogP contribution in [0.5, 0.6) is 5.75 Å². The molecule has 2 saturated carbocycles. The zero-order valence-electron chi connectivity index (χ0n) is 28.8. The van der Waals surface area contributed by atoms with Gasteiger partial charge in [-0.2, -0.15) is 0 Å². The lowest BCUT2D eigenvalue weighted by atomic mass is 9.96. The number of carbonyl (C=O) groups excluding carboxylic acids is 1. The van der Waals surface area contributed by atoms with Crippen molar-refractivity contribution in [1.82, 2.24) is 9.88 Å². The van der Waals surface area contributed by atoms with Crippen molar-refractivity contribution in [2.45, 2.75) is 94.1 Å². The first kappa shape index (κ1) is 39.4. The third-order valence-corrected chi connectivity index (χ3v) is 10.2. The summed E-state index contributed by atoms with van der Waals surface area (Å²) in [6.07, 6.45) is 2.51. The molecule has 2 aromatic carbocycles. The van der Waals surface area contributed by atoms with Crippen LogP contribution in [0.3, 0.4) is 0 Å². The molecule has 278 valence electrons. The first-order valence-electron chi connectivity index (χ1n) is 17.5. The maximum absolute atomic E-state index is 13.0. The third-order valence-electron chi connectivity index (χ3n) is 9.45. The number of hydrogen-bond acceptors (Lipinski definition) is 10. The molecule has 0 bridgehead atoms. The van der Waals surface area contributed by atoms with Crippen LogP contribution < -0.4 is 4.74 Å². The second-order valence-electron chi connectivity index (χ2n) is 13.4. The Morgan fingerprint density at radius 3 is 2.37 bits per heavy atom. The topological polar surface area (TPSA) is 162 Å². The van der Waals surface area contributed by atoms with Crippen LogP contribution in [0.25, 0.3) is 11.1 Å². The summed E-state index contributed by atoms with van der Waals surface area (Å²) in [5.74, 6) is 0.0705. The van der Waals surface area contributed by atoms with E-state index in [1.165, 1.54) is 12.0 Å². The van der Waals surface area contributed by atoms with Crippen LogP contribution in [0.1, 0.15) is 61.6 Å². The lowest BCUT2D eigenvalue weighted by Crippen LogP contribution is -2.53. The largest absolute Gasteiger partial charge is 0.490 e. The Balaban J connectivity index is 1.18. The Hall–Kier alpha value is -2.84. The van der Waals surface area contributed by atoms with E-state index < -0.39 is 42.5 Å². The molecule has 5 N–H and O–H groups in total. The van der Waals surface area contributed by atoms with Crippen LogP contribution >= 0.6 is 23.2 Å². The maximum Gasteiger partial charge on any atom is 0.254 e. The van der Waals surface area contributed by atoms with Crippen LogP contribution in [0.4, 0.5) is 0 Å². The Morgan fingerprint density at radius 1 is 0.961 bits per heavy atom. The molecule has 0 spiro atoms. The Kier molecular flexibility index (Phi) is 14.1. The Labute approximate surface area is 308 Å². The van der Waals surface area contributed by atoms with Gasteiger partial charge in [0.05, 0.1) is 24.9 Å². The number of aryl methyl sites for hydroxylation is 1. The van der Waals surface area contributed by atoms with Gasteiger partial charge in [0.2, 0.25) is 0 Å². The van der Waals surface area contributed by atoms with Gasteiger partial charge in [-0.15, -0.1) is 0 Å². The molecule has 13 heteroatoms. The Bertz CT molecular complexity index is 1600. The van der Waals surface area contributed by atoms with E-state index in [4.69, 9.17) is 42.5 Å². The fourth-order valence-electron chi connectivity index (χ4n) is 6.11. The van der Waals surface area contributed by atoms with Crippen molar-refractivity contribution >= 4 is 29.1 Å². The number of aromatic nitrogens is 1. The van der Waals surface area contributed by atoms with E-state index in [0.29, 0.717) is 42.3 Å². The number of unbranched alkanes of at least 4 members (excludes halogenated alkanes) is 1. The zero-order chi connectivity index (χ0) is 36.5. The maximum atomic E-state index is 13.0. The summed E-state index contributed by atoms with van der Waals surface area (Å²) < 4.78 is 17.9. The van der Waals surface area contributed by atoms with Crippen LogP contribution in [0, 0.1) is 0 Å². The van der Waals surface area contributed by atoms with Gasteiger partial charge >= 0.3 is 0 Å². The molecule has 2 aliphatic rings. The smallest absolute Gasteiger partial charge is 0.254 e. The fourth-order valence-corrected chi connectivity index (χ4v) is 6.63. The predicted octanol–water partition coefficient (Wildman–Crippen LogP) is 4.43. The highest BCUT2D eigenvalue weighted by Gasteiger charge is 2.48. The van der Waals surface area contributed by atoms with E-state index in [0.717, 1.165) is 59.3 Å². The van der Waals surface area contributed by atoms with Crippen molar-refractivity contribution in [2.75, 3.05) is 33.4 Å². The molecular weight excluding hydrogens is 699 g/mol. The van der Waals surface area contributed by atoms with Gasteiger partial charge in [-0.3, -0.25) is 9.78 Å². The number of amides is 1. The van der Waals surface area contributed by atoms with Crippen LogP contribution in [0.15, 0.2) is 54.9 Å². The molecule has 1 aromatic heterocycles. The molecule has 1 heterocycles. The SMILES string of the molecule is COCCCN(CCCCc1cc(Cl)c(COC2(c3cnccc3-c3ccccc3OC3CC3)CC2)cc1Cl)C(=O)[C@@H](O)[C@@H](O)[C@H](O)[C@@H](O)CO. The standard InChI is InChI=1S/C38H48Cl2N2O9/c1-49-18-6-17-42(37(48)36(47)35(46)34(45)32(44)22-43)16-5-4-7-24-19-31(40)25(20-30(24)39)23-50-38(13-14-38)29-21-41-15-12-27(29)28-8-2-3-9-33(28)51-26-10-11-26/h2-3,8-9,12,15,19-21,26,32,34-36,43-47H,4-7,10-11,13-14,16-18,22-23H2,1H3/t32-,34+,35-,36-/m0/s1. The number of halogens is 2. The van der Waals surface area contributed by atoms with Crippen molar-refractivity contribution in [3.63, 3.8) is 0 Å². The lowest BCUT2D eigenvalue weighted by molar-refractivity contribution is -0.158. The number of ether oxygens (including phenoxy) is 3. The fraction of sp³-hybridized carbons (Fsp3) is 0.526. The summed E-state index contributed by atoms with van der Waals surface area (Å²) >= 11 is 13.5. The molecule has 11 nitrogen and oxygen atoms in total. The molecule has 4 atom stereocenters. The highest BCUT2D eigenvalue weighted by molar-refractivity contribution is 6.34. The molecule has 2 fully saturated rings. The van der Waals surface area contributed by atoms with Gasteiger partial charge in [0.15, 0.2) is 6.10 Å². The second kappa shape index (κ2) is 18.3. The molecule has 3 aromatic rings. The third kappa shape index (κ3) is 10.2. The van der Waals surface area contributed by atoms with Crippen LogP contribution in [0.2, 0.25) is 10.0 Å². The summed E-state index contributed by atoms with van der Waals surface area (Å²) in [7, 11) is 1.54. The number of pyridine rings is 1. The average Bonchev–Trinajstić information content (AvgIpc) is 4.09. The normalized spacial score (nSPS) is 17.4. The molecule has 2 aliphatic carbocycles. The van der Waals surface area contributed by atoms with E-state index in [9.17, 15) is 25.2 Å². The molecule has 0 aliphatic heterocycles. The molecule has 0 unspecified atom stereocenters. The number of rotatable bonds is 21. The number of methoxy groups -OCH3 is 1. The van der Waals surface area contributed by atoms with Gasteiger partial charge < -0.3 is 44.6 Å². The Morgan fingerprint density at radius 2 is 1.67 bits per heavy atom. The van der Waals surface area contributed by atoms with Gasteiger partial charge in [0.25, 0.3) is 5.91 Å². The van der Waals surface area contributed by atoms with Crippen molar-refractivity contribution in [3.05, 3.63) is 81.6 Å². The van der Waals surface area contributed by atoms with Crippen molar-refractivity contribution in [2.24, 2.45) is 0 Å². The molecule has 51 heavy (non-hydrogen) atoms. The predicted molar refractivity (Wildman–Crippen MR) is 193 cm³/mol. The first-order valence-corrected chi connectivity index (χ1v) is 18.3. The highest BCUT2D eigenvalue weighted by atomic mass is 35.5. The van der Waals surface area contributed by atoms with Gasteiger partial charge in [0, 0.05) is 60.4 Å².